The topological polar surface area (TPSA) is 48.5 Å². The SMILES string of the molecule is c1ccc(-c2nc(-c3ccc(-n4c5ccccc5c5cc6ccccc6cc54)c(-c4cccc5sc6c7ccccc7ccc6c45)c3)nc(-c3cccc4c5ccccc5n(-c5ccccc5)c34)n2)cc1. The Morgan fingerprint density at radius 3 is 1.73 bits per heavy atom. The van der Waals surface area contributed by atoms with Crippen molar-refractivity contribution in [2.24, 2.45) is 0 Å². The minimum absolute atomic E-state index is 0.600. The number of thiophene rings is 1. The third-order valence-electron chi connectivity index (χ3n) is 14.3. The van der Waals surface area contributed by atoms with Gasteiger partial charge in [0.1, 0.15) is 0 Å². The first-order valence-corrected chi connectivity index (χ1v) is 24.8. The van der Waals surface area contributed by atoms with Gasteiger partial charge < -0.3 is 9.13 Å². The predicted molar refractivity (Wildman–Crippen MR) is 298 cm³/mol. The van der Waals surface area contributed by atoms with Crippen molar-refractivity contribution in [3.05, 3.63) is 237 Å². The number of rotatable bonds is 6. The standard InChI is InChI=1S/C65H39N5S/c1-3-18-41(19-4-1)63-66-64(68-65(67-63)52-29-15-28-50-47-25-11-13-30-55(47)69(61(50)52)45-22-5-2-6-23-45)44-34-36-57(70-56-31-14-12-26-48(56)53-37-42-20-7-8-21-43(42)39-58(53)70)54(38-44)49-27-16-32-59-60(49)51-35-33-40-17-9-10-24-46(40)62(51)71-59/h1-39H. The van der Waals surface area contributed by atoms with Crippen molar-refractivity contribution in [2.75, 3.05) is 0 Å². The van der Waals surface area contributed by atoms with Crippen LogP contribution in [0, 0.1) is 0 Å². The minimum Gasteiger partial charge on any atom is -0.309 e. The summed E-state index contributed by atoms with van der Waals surface area (Å²) >= 11 is 1.87. The molecule has 0 saturated heterocycles. The molecular weight excluding hydrogens is 883 g/mol. The quantitative estimate of drug-likeness (QED) is 0.167. The summed E-state index contributed by atoms with van der Waals surface area (Å²) in [5.74, 6) is 1.82. The van der Waals surface area contributed by atoms with Crippen LogP contribution in [-0.4, -0.2) is 24.1 Å². The number of hydrogen-bond donors (Lipinski definition) is 0. The molecular formula is C65H39N5S. The van der Waals surface area contributed by atoms with Gasteiger partial charge >= 0.3 is 0 Å². The summed E-state index contributed by atoms with van der Waals surface area (Å²) in [5.41, 5.74) is 11.6. The Balaban J connectivity index is 1.03. The van der Waals surface area contributed by atoms with Crippen molar-refractivity contribution in [2.45, 2.75) is 0 Å². The Labute approximate surface area is 411 Å². The summed E-state index contributed by atoms with van der Waals surface area (Å²) < 4.78 is 7.36. The van der Waals surface area contributed by atoms with Gasteiger partial charge in [0, 0.05) is 69.7 Å². The van der Waals surface area contributed by atoms with E-state index >= 15 is 0 Å². The summed E-state index contributed by atoms with van der Waals surface area (Å²) in [6.45, 7) is 0. The van der Waals surface area contributed by atoms with E-state index in [1.54, 1.807) is 0 Å². The molecule has 0 bridgehead atoms. The van der Waals surface area contributed by atoms with Gasteiger partial charge in [-0.3, -0.25) is 0 Å². The first-order valence-electron chi connectivity index (χ1n) is 24.0. The molecule has 0 unspecified atom stereocenters. The summed E-state index contributed by atoms with van der Waals surface area (Å²) in [4.78, 5) is 16.2. The highest BCUT2D eigenvalue weighted by Gasteiger charge is 2.24. The molecule has 0 aliphatic rings. The third kappa shape index (κ3) is 6.15. The molecule has 0 spiro atoms. The molecule has 0 saturated carbocycles. The normalized spacial score (nSPS) is 11.9. The van der Waals surface area contributed by atoms with Crippen LogP contribution in [0.4, 0.5) is 0 Å². The van der Waals surface area contributed by atoms with Crippen molar-refractivity contribution in [1.82, 2.24) is 24.1 Å². The molecule has 0 fully saturated rings. The third-order valence-corrected chi connectivity index (χ3v) is 15.5. The zero-order valence-electron chi connectivity index (χ0n) is 38.2. The zero-order chi connectivity index (χ0) is 46.6. The monoisotopic (exact) mass is 921 g/mol. The van der Waals surface area contributed by atoms with Crippen molar-refractivity contribution >= 4 is 96.7 Å². The average Bonchev–Trinajstić information content (AvgIpc) is 4.10. The van der Waals surface area contributed by atoms with E-state index in [0.717, 1.165) is 66.6 Å². The first-order chi connectivity index (χ1) is 35.2. The second-order valence-corrected chi connectivity index (χ2v) is 19.4. The van der Waals surface area contributed by atoms with Gasteiger partial charge in [0.2, 0.25) is 0 Å². The maximum absolute atomic E-state index is 5.51. The lowest BCUT2D eigenvalue weighted by Gasteiger charge is -2.17. The number of hydrogen-bond acceptors (Lipinski definition) is 4. The van der Waals surface area contributed by atoms with Crippen molar-refractivity contribution in [3.8, 4) is 56.7 Å². The highest BCUT2D eigenvalue weighted by atomic mass is 32.1. The van der Waals surface area contributed by atoms with Crippen LogP contribution in [-0.2, 0) is 0 Å². The molecule has 0 amide bonds. The van der Waals surface area contributed by atoms with Crippen LogP contribution in [0.3, 0.4) is 0 Å². The maximum atomic E-state index is 5.51. The number of nitrogens with zero attached hydrogens (tertiary/aromatic N) is 5. The molecule has 4 heterocycles. The molecule has 0 aliphatic heterocycles. The van der Waals surface area contributed by atoms with Crippen LogP contribution in [0.1, 0.15) is 0 Å². The molecule has 330 valence electrons. The lowest BCUT2D eigenvalue weighted by Crippen LogP contribution is -2.03. The van der Waals surface area contributed by atoms with Gasteiger partial charge in [0.15, 0.2) is 17.5 Å². The van der Waals surface area contributed by atoms with Gasteiger partial charge in [-0.2, -0.15) is 0 Å². The Kier molecular flexibility index (Phi) is 8.76. The van der Waals surface area contributed by atoms with E-state index in [1.165, 1.54) is 57.9 Å². The number of fused-ring (bicyclic) bond motifs is 12. The largest absolute Gasteiger partial charge is 0.309 e. The number of aromatic nitrogens is 5. The maximum Gasteiger partial charge on any atom is 0.166 e. The fraction of sp³-hybridized carbons (Fsp3) is 0. The van der Waals surface area contributed by atoms with E-state index in [9.17, 15) is 0 Å². The van der Waals surface area contributed by atoms with Gasteiger partial charge in [-0.05, 0) is 93.8 Å². The summed E-state index contributed by atoms with van der Waals surface area (Å²) in [5, 5.41) is 12.2. The summed E-state index contributed by atoms with van der Waals surface area (Å²) in [6.07, 6.45) is 0. The molecule has 0 aliphatic carbocycles. The highest BCUT2D eigenvalue weighted by molar-refractivity contribution is 7.26. The zero-order valence-corrected chi connectivity index (χ0v) is 39.0. The van der Waals surface area contributed by atoms with E-state index in [2.05, 4.69) is 228 Å². The average molecular weight is 922 g/mol. The van der Waals surface area contributed by atoms with Crippen LogP contribution in [0.15, 0.2) is 237 Å². The lowest BCUT2D eigenvalue weighted by atomic mass is 9.95. The molecule has 15 aromatic rings. The second kappa shape index (κ2) is 15.7. The van der Waals surface area contributed by atoms with Crippen LogP contribution < -0.4 is 0 Å². The smallest absolute Gasteiger partial charge is 0.166 e. The molecule has 0 radical (unpaired) electrons. The van der Waals surface area contributed by atoms with Gasteiger partial charge in [0.25, 0.3) is 0 Å². The fourth-order valence-corrected chi connectivity index (χ4v) is 12.4. The number of para-hydroxylation sites is 4. The van der Waals surface area contributed by atoms with E-state index in [-0.39, 0.29) is 0 Å². The van der Waals surface area contributed by atoms with E-state index in [1.807, 2.05) is 29.5 Å². The molecule has 5 nitrogen and oxygen atoms in total. The highest BCUT2D eigenvalue weighted by Crippen LogP contribution is 2.47. The van der Waals surface area contributed by atoms with Crippen molar-refractivity contribution < 1.29 is 0 Å². The van der Waals surface area contributed by atoms with Gasteiger partial charge in [0.05, 0.1) is 27.8 Å². The molecule has 71 heavy (non-hydrogen) atoms. The fourth-order valence-electron chi connectivity index (χ4n) is 11.2. The van der Waals surface area contributed by atoms with Gasteiger partial charge in [-0.25, -0.2) is 15.0 Å². The first kappa shape index (κ1) is 39.7. The minimum atomic E-state index is 0.600. The summed E-state index contributed by atoms with van der Waals surface area (Å²) in [6, 6.07) is 85.1. The van der Waals surface area contributed by atoms with Gasteiger partial charge in [-0.1, -0.05) is 170 Å². The summed E-state index contributed by atoms with van der Waals surface area (Å²) in [7, 11) is 0. The Bertz CT molecular complexity index is 4640. The van der Waals surface area contributed by atoms with E-state index < -0.39 is 0 Å². The number of benzene rings is 11. The van der Waals surface area contributed by atoms with Crippen LogP contribution in [0.25, 0.3) is 142 Å². The Morgan fingerprint density at radius 2 is 0.930 bits per heavy atom. The molecule has 0 atom stereocenters. The molecule has 0 N–H and O–H groups in total. The Morgan fingerprint density at radius 1 is 0.324 bits per heavy atom. The molecule has 11 aromatic carbocycles. The van der Waals surface area contributed by atoms with Gasteiger partial charge in [-0.15, -0.1) is 11.3 Å². The molecule has 15 rings (SSSR count). The lowest BCUT2D eigenvalue weighted by molar-refractivity contribution is 1.07. The second-order valence-electron chi connectivity index (χ2n) is 18.3. The van der Waals surface area contributed by atoms with E-state index in [4.69, 9.17) is 15.0 Å². The van der Waals surface area contributed by atoms with Crippen LogP contribution in [0.2, 0.25) is 0 Å². The van der Waals surface area contributed by atoms with E-state index in [0.29, 0.717) is 17.5 Å². The van der Waals surface area contributed by atoms with Crippen LogP contribution in [0.5, 0.6) is 0 Å². The van der Waals surface area contributed by atoms with Crippen LogP contribution >= 0.6 is 11.3 Å². The Hall–Kier alpha value is -9.23. The van der Waals surface area contributed by atoms with Crippen molar-refractivity contribution in [1.29, 1.82) is 0 Å². The molecule has 6 heteroatoms. The van der Waals surface area contributed by atoms with Crippen molar-refractivity contribution in [3.63, 3.8) is 0 Å². The predicted octanol–water partition coefficient (Wildman–Crippen LogP) is 17.4. The molecule has 4 aromatic heterocycles.